The number of thioether (sulfide) groups is 1. The lowest BCUT2D eigenvalue weighted by molar-refractivity contribution is -0.131. The van der Waals surface area contributed by atoms with Gasteiger partial charge in [0.1, 0.15) is 23.2 Å². The zero-order chi connectivity index (χ0) is 20.8. The van der Waals surface area contributed by atoms with Crippen molar-refractivity contribution < 1.29 is 18.8 Å². The third kappa shape index (κ3) is 3.42. The lowest BCUT2D eigenvalue weighted by Gasteiger charge is -2.30. The van der Waals surface area contributed by atoms with Crippen LogP contribution in [-0.4, -0.2) is 39.5 Å². The number of amides is 3. The Morgan fingerprint density at radius 1 is 1.24 bits per heavy atom. The average Bonchev–Trinajstić information content (AvgIpc) is 3.36. The van der Waals surface area contributed by atoms with Crippen LogP contribution in [-0.2, 0) is 16.1 Å². The van der Waals surface area contributed by atoms with E-state index in [-0.39, 0.29) is 29.6 Å². The Kier molecular flexibility index (Phi) is 4.90. The second-order valence-electron chi connectivity index (χ2n) is 7.80. The topological polar surface area (TPSA) is 91.7 Å². The standard InChI is InChI=1S/C21H23N3O4S/c1-12(17(25)22-11-13-7-6-10-28-13)23-18(26)16-21(2,3)29-20-15-9-5-4-8-14(15)19(27)24(16)20/h4-10,12,16,20H,11H2,1-3H3,(H,22,25)(H,23,26)/t12-,16+,20-/m0/s1. The first-order valence-corrected chi connectivity index (χ1v) is 10.4. The predicted molar refractivity (Wildman–Crippen MR) is 109 cm³/mol. The maximum absolute atomic E-state index is 13.1. The van der Waals surface area contributed by atoms with Gasteiger partial charge in [-0.15, -0.1) is 11.8 Å². The molecule has 8 heteroatoms. The molecular formula is C21H23N3O4S. The first-order chi connectivity index (χ1) is 13.8. The molecule has 0 saturated carbocycles. The second kappa shape index (κ2) is 7.26. The summed E-state index contributed by atoms with van der Waals surface area (Å²) in [7, 11) is 0. The Hall–Kier alpha value is -2.74. The quantitative estimate of drug-likeness (QED) is 0.786. The molecule has 4 rings (SSSR count). The lowest BCUT2D eigenvalue weighted by atomic mass is 10.0. The van der Waals surface area contributed by atoms with E-state index in [1.165, 1.54) is 6.26 Å². The van der Waals surface area contributed by atoms with E-state index in [2.05, 4.69) is 10.6 Å². The largest absolute Gasteiger partial charge is 0.467 e. The summed E-state index contributed by atoms with van der Waals surface area (Å²) in [5.41, 5.74) is 1.58. The van der Waals surface area contributed by atoms with Crippen LogP contribution in [0.3, 0.4) is 0 Å². The van der Waals surface area contributed by atoms with Crippen LogP contribution < -0.4 is 10.6 Å². The fourth-order valence-corrected chi connectivity index (χ4v) is 5.49. The summed E-state index contributed by atoms with van der Waals surface area (Å²) < 4.78 is 4.71. The molecule has 1 aromatic heterocycles. The molecule has 3 atom stereocenters. The van der Waals surface area contributed by atoms with Crippen LogP contribution in [0.5, 0.6) is 0 Å². The monoisotopic (exact) mass is 413 g/mol. The molecule has 152 valence electrons. The number of hydrogen-bond acceptors (Lipinski definition) is 5. The molecule has 0 aliphatic carbocycles. The van der Waals surface area contributed by atoms with Gasteiger partial charge in [0.2, 0.25) is 11.8 Å². The molecule has 2 aliphatic rings. The van der Waals surface area contributed by atoms with Gasteiger partial charge in [0.05, 0.1) is 12.8 Å². The van der Waals surface area contributed by atoms with Gasteiger partial charge in [-0.1, -0.05) is 18.2 Å². The van der Waals surface area contributed by atoms with Gasteiger partial charge in [0.15, 0.2) is 0 Å². The average molecular weight is 413 g/mol. The molecule has 0 unspecified atom stereocenters. The van der Waals surface area contributed by atoms with Gasteiger partial charge >= 0.3 is 0 Å². The normalized spacial score (nSPS) is 22.7. The minimum atomic E-state index is -0.739. The van der Waals surface area contributed by atoms with Gasteiger partial charge in [-0.2, -0.15) is 0 Å². The van der Waals surface area contributed by atoms with Gasteiger partial charge in [-0.05, 0) is 44.5 Å². The van der Waals surface area contributed by atoms with Crippen molar-refractivity contribution in [2.45, 2.75) is 49.5 Å². The van der Waals surface area contributed by atoms with Crippen molar-refractivity contribution in [3.8, 4) is 0 Å². The van der Waals surface area contributed by atoms with E-state index in [4.69, 9.17) is 4.42 Å². The van der Waals surface area contributed by atoms with Crippen LogP contribution in [0.25, 0.3) is 0 Å². The number of carbonyl (C=O) groups excluding carboxylic acids is 3. The molecule has 2 aliphatic heterocycles. The van der Waals surface area contributed by atoms with E-state index in [1.807, 2.05) is 32.0 Å². The Balaban J connectivity index is 1.46. The number of rotatable bonds is 5. The minimum Gasteiger partial charge on any atom is -0.467 e. The van der Waals surface area contributed by atoms with Crippen LogP contribution in [0.2, 0.25) is 0 Å². The van der Waals surface area contributed by atoms with Gasteiger partial charge in [0, 0.05) is 10.3 Å². The highest BCUT2D eigenvalue weighted by atomic mass is 32.2. The summed E-state index contributed by atoms with van der Waals surface area (Å²) in [4.78, 5) is 40.1. The summed E-state index contributed by atoms with van der Waals surface area (Å²) in [6.07, 6.45) is 1.54. The number of benzene rings is 1. The molecule has 1 aromatic carbocycles. The van der Waals surface area contributed by atoms with Gasteiger partial charge in [0.25, 0.3) is 5.91 Å². The molecule has 2 aromatic rings. The first-order valence-electron chi connectivity index (χ1n) is 9.49. The van der Waals surface area contributed by atoms with E-state index in [1.54, 1.807) is 41.8 Å². The third-order valence-electron chi connectivity index (χ3n) is 5.31. The van der Waals surface area contributed by atoms with Crippen molar-refractivity contribution in [3.05, 3.63) is 59.5 Å². The zero-order valence-electron chi connectivity index (χ0n) is 16.5. The van der Waals surface area contributed by atoms with Crippen molar-refractivity contribution in [2.24, 2.45) is 0 Å². The molecule has 3 heterocycles. The Labute approximate surface area is 173 Å². The summed E-state index contributed by atoms with van der Waals surface area (Å²) in [6.45, 7) is 5.79. The van der Waals surface area contributed by atoms with E-state index >= 15 is 0 Å². The van der Waals surface area contributed by atoms with Gasteiger partial charge in [-0.25, -0.2) is 0 Å². The molecule has 7 nitrogen and oxygen atoms in total. The Bertz CT molecular complexity index is 957. The number of hydrogen-bond donors (Lipinski definition) is 2. The molecule has 0 radical (unpaired) electrons. The minimum absolute atomic E-state index is 0.140. The number of furan rings is 1. The van der Waals surface area contributed by atoms with Crippen LogP contribution in [0.1, 0.15) is 47.8 Å². The van der Waals surface area contributed by atoms with E-state index in [0.717, 1.165) is 5.56 Å². The molecule has 0 spiro atoms. The Morgan fingerprint density at radius 2 is 2.00 bits per heavy atom. The van der Waals surface area contributed by atoms with Gasteiger partial charge < -0.3 is 20.0 Å². The zero-order valence-corrected chi connectivity index (χ0v) is 17.3. The summed E-state index contributed by atoms with van der Waals surface area (Å²) in [5, 5.41) is 5.33. The van der Waals surface area contributed by atoms with Crippen molar-refractivity contribution >= 4 is 29.5 Å². The number of carbonyl (C=O) groups is 3. The molecule has 1 fully saturated rings. The molecular weight excluding hydrogens is 390 g/mol. The molecule has 0 bridgehead atoms. The van der Waals surface area contributed by atoms with Crippen LogP contribution >= 0.6 is 11.8 Å². The van der Waals surface area contributed by atoms with E-state index in [0.29, 0.717) is 11.3 Å². The van der Waals surface area contributed by atoms with E-state index in [9.17, 15) is 14.4 Å². The molecule has 1 saturated heterocycles. The van der Waals surface area contributed by atoms with Crippen molar-refractivity contribution in [1.29, 1.82) is 0 Å². The molecule has 29 heavy (non-hydrogen) atoms. The summed E-state index contributed by atoms with van der Waals surface area (Å²) in [5.74, 6) is -0.148. The number of nitrogens with zero attached hydrogens (tertiary/aromatic N) is 1. The predicted octanol–water partition coefficient (Wildman–Crippen LogP) is 2.45. The molecule has 3 amide bonds. The molecule has 2 N–H and O–H groups in total. The summed E-state index contributed by atoms with van der Waals surface area (Å²) in [6, 6.07) is 9.56. The number of fused-ring (bicyclic) bond motifs is 3. The van der Waals surface area contributed by atoms with Gasteiger partial charge in [-0.3, -0.25) is 14.4 Å². The van der Waals surface area contributed by atoms with E-state index < -0.39 is 16.8 Å². The fraction of sp³-hybridized carbons (Fsp3) is 0.381. The smallest absolute Gasteiger partial charge is 0.256 e. The highest BCUT2D eigenvalue weighted by Crippen LogP contribution is 2.56. The van der Waals surface area contributed by atoms with Crippen LogP contribution in [0.4, 0.5) is 0 Å². The Morgan fingerprint density at radius 3 is 2.72 bits per heavy atom. The van der Waals surface area contributed by atoms with Crippen molar-refractivity contribution in [1.82, 2.24) is 15.5 Å². The van der Waals surface area contributed by atoms with Crippen molar-refractivity contribution in [3.63, 3.8) is 0 Å². The van der Waals surface area contributed by atoms with Crippen molar-refractivity contribution in [2.75, 3.05) is 0 Å². The lowest BCUT2D eigenvalue weighted by Crippen LogP contribution is -2.56. The maximum Gasteiger partial charge on any atom is 0.256 e. The van der Waals surface area contributed by atoms with Crippen LogP contribution in [0, 0.1) is 0 Å². The van der Waals surface area contributed by atoms with Crippen LogP contribution in [0.15, 0.2) is 47.1 Å². The first kappa shape index (κ1) is 19.6. The third-order valence-corrected chi connectivity index (χ3v) is 6.85. The highest BCUT2D eigenvalue weighted by molar-refractivity contribution is 8.01. The maximum atomic E-state index is 13.1. The second-order valence-corrected chi connectivity index (χ2v) is 9.54. The summed E-state index contributed by atoms with van der Waals surface area (Å²) >= 11 is 1.60. The SMILES string of the molecule is C[C@H](NC(=O)[C@H]1N2C(=O)c3ccccc3[C@@H]2SC1(C)C)C(=O)NCc1ccco1. The number of nitrogens with one attached hydrogen (secondary N) is 2. The highest BCUT2D eigenvalue weighted by Gasteiger charge is 2.57. The fourth-order valence-electron chi connectivity index (χ4n) is 3.90.